The molecule has 1 aromatic carbocycles. The smallest absolute Gasteiger partial charge is 0.272 e. The van der Waals surface area contributed by atoms with Gasteiger partial charge < -0.3 is 14.2 Å². The van der Waals surface area contributed by atoms with E-state index in [0.717, 1.165) is 25.1 Å². The largest absolute Gasteiger partial charge is 0.463 e. The van der Waals surface area contributed by atoms with Crippen molar-refractivity contribution >= 4 is 11.8 Å². The van der Waals surface area contributed by atoms with Crippen LogP contribution >= 0.6 is 0 Å². The Morgan fingerprint density at radius 3 is 2.53 bits per heavy atom. The summed E-state index contributed by atoms with van der Waals surface area (Å²) in [6.07, 6.45) is 5.05. The van der Waals surface area contributed by atoms with Crippen LogP contribution in [0.5, 0.6) is 0 Å². The summed E-state index contributed by atoms with van der Waals surface area (Å²) in [5, 5.41) is 4.65. The molecule has 1 aliphatic heterocycles. The Hall–Kier alpha value is -3.35. The molecule has 0 spiro atoms. The first kappa shape index (κ1) is 21.9. The monoisotopic (exact) mass is 434 g/mol. The van der Waals surface area contributed by atoms with Gasteiger partial charge in [0.25, 0.3) is 5.91 Å². The molecule has 32 heavy (non-hydrogen) atoms. The molecule has 7 heteroatoms. The van der Waals surface area contributed by atoms with Gasteiger partial charge in [-0.25, -0.2) is 4.68 Å². The van der Waals surface area contributed by atoms with Gasteiger partial charge in [-0.2, -0.15) is 5.10 Å². The molecule has 0 N–H and O–H groups in total. The molecule has 0 atom stereocenters. The van der Waals surface area contributed by atoms with Crippen LogP contribution in [0.25, 0.3) is 17.1 Å². The van der Waals surface area contributed by atoms with Crippen molar-refractivity contribution in [3.8, 4) is 17.1 Å². The lowest BCUT2D eigenvalue weighted by atomic mass is 9.95. The van der Waals surface area contributed by atoms with E-state index in [0.29, 0.717) is 43.1 Å². The number of likely N-dealkylation sites (tertiary alicyclic amines) is 1. The van der Waals surface area contributed by atoms with Crippen LogP contribution in [0.2, 0.25) is 0 Å². The molecule has 2 amide bonds. The number of unbranched alkanes of at least 4 members (excludes halogenated alkanes) is 1. The number of hydrogen-bond acceptors (Lipinski definition) is 4. The molecule has 0 unspecified atom stereocenters. The lowest BCUT2D eigenvalue weighted by Crippen LogP contribution is -2.44. The van der Waals surface area contributed by atoms with Gasteiger partial charge in [-0.05, 0) is 43.5 Å². The highest BCUT2D eigenvalue weighted by Crippen LogP contribution is 2.25. The van der Waals surface area contributed by atoms with E-state index in [-0.39, 0.29) is 17.7 Å². The third-order valence-electron chi connectivity index (χ3n) is 6.06. The summed E-state index contributed by atoms with van der Waals surface area (Å²) in [7, 11) is 1.88. The Morgan fingerprint density at radius 2 is 1.88 bits per heavy atom. The number of nitrogens with zero attached hydrogens (tertiary/aromatic N) is 4. The Kier molecular flexibility index (Phi) is 6.73. The predicted octanol–water partition coefficient (Wildman–Crippen LogP) is 4.24. The molecule has 3 heterocycles. The summed E-state index contributed by atoms with van der Waals surface area (Å²) < 4.78 is 7.17. The van der Waals surface area contributed by atoms with Crippen LogP contribution in [0.1, 0.15) is 43.1 Å². The van der Waals surface area contributed by atoms with Crippen molar-refractivity contribution < 1.29 is 14.0 Å². The first-order valence-corrected chi connectivity index (χ1v) is 11.3. The van der Waals surface area contributed by atoms with Gasteiger partial charge in [-0.1, -0.05) is 31.5 Å². The van der Waals surface area contributed by atoms with Gasteiger partial charge in [-0.15, -0.1) is 0 Å². The minimum atomic E-state index is -0.0793. The molecule has 0 saturated carbocycles. The van der Waals surface area contributed by atoms with Crippen molar-refractivity contribution in [2.24, 2.45) is 5.92 Å². The number of piperidine rings is 1. The van der Waals surface area contributed by atoms with Crippen LogP contribution < -0.4 is 0 Å². The quantitative estimate of drug-likeness (QED) is 0.558. The Bertz CT molecular complexity index is 1030. The van der Waals surface area contributed by atoms with Crippen LogP contribution in [-0.2, 0) is 4.79 Å². The molecule has 1 aliphatic rings. The second kappa shape index (κ2) is 9.85. The lowest BCUT2D eigenvalue weighted by Gasteiger charge is -2.33. The van der Waals surface area contributed by atoms with Crippen LogP contribution in [0.4, 0.5) is 0 Å². The van der Waals surface area contributed by atoms with E-state index in [4.69, 9.17) is 4.42 Å². The number of carbonyl (C=O) groups is 2. The Balaban J connectivity index is 1.51. The van der Waals surface area contributed by atoms with Crippen molar-refractivity contribution in [1.82, 2.24) is 19.6 Å². The second-order valence-electron chi connectivity index (χ2n) is 8.32. The maximum Gasteiger partial charge on any atom is 0.272 e. The summed E-state index contributed by atoms with van der Waals surface area (Å²) in [5.74, 6) is 0.719. The highest BCUT2D eigenvalue weighted by Gasteiger charge is 2.31. The van der Waals surface area contributed by atoms with Crippen LogP contribution in [0.3, 0.4) is 0 Å². The van der Waals surface area contributed by atoms with Gasteiger partial charge in [0.1, 0.15) is 11.4 Å². The molecule has 1 fully saturated rings. The van der Waals surface area contributed by atoms with E-state index in [1.54, 1.807) is 23.1 Å². The van der Waals surface area contributed by atoms with Crippen molar-refractivity contribution in [2.45, 2.75) is 32.6 Å². The molecule has 4 rings (SSSR count). The SMILES string of the molecule is CCCCN(C)C(=O)C1CCN(C(=O)c2cc(-c3ccco3)nn2-c2ccccc2)CC1. The number of carbonyl (C=O) groups excluding carboxylic acids is 2. The highest BCUT2D eigenvalue weighted by atomic mass is 16.3. The van der Waals surface area contributed by atoms with Crippen molar-refractivity contribution in [2.75, 3.05) is 26.7 Å². The average molecular weight is 435 g/mol. The normalized spacial score (nSPS) is 14.5. The van der Waals surface area contributed by atoms with Crippen LogP contribution in [-0.4, -0.2) is 58.1 Å². The van der Waals surface area contributed by atoms with E-state index >= 15 is 0 Å². The zero-order valence-corrected chi connectivity index (χ0v) is 18.7. The van der Waals surface area contributed by atoms with E-state index in [2.05, 4.69) is 12.0 Å². The van der Waals surface area contributed by atoms with Crippen molar-refractivity contribution in [3.05, 3.63) is 60.5 Å². The molecule has 3 aromatic rings. The second-order valence-corrected chi connectivity index (χ2v) is 8.32. The van der Waals surface area contributed by atoms with Gasteiger partial charge in [-0.3, -0.25) is 9.59 Å². The molecule has 0 bridgehead atoms. The van der Waals surface area contributed by atoms with E-state index in [1.165, 1.54) is 0 Å². The topological polar surface area (TPSA) is 71.6 Å². The summed E-state index contributed by atoms with van der Waals surface area (Å²) in [6.45, 7) is 4.04. The molecule has 0 radical (unpaired) electrons. The zero-order valence-electron chi connectivity index (χ0n) is 18.7. The number of furan rings is 1. The van der Waals surface area contributed by atoms with Crippen LogP contribution in [0, 0.1) is 5.92 Å². The zero-order chi connectivity index (χ0) is 22.5. The number of para-hydroxylation sites is 1. The molecular weight excluding hydrogens is 404 g/mol. The Labute approximate surface area is 188 Å². The molecule has 1 saturated heterocycles. The van der Waals surface area contributed by atoms with Gasteiger partial charge in [0.15, 0.2) is 5.76 Å². The number of amides is 2. The third-order valence-corrected chi connectivity index (χ3v) is 6.06. The molecule has 2 aromatic heterocycles. The lowest BCUT2D eigenvalue weighted by molar-refractivity contribution is -0.135. The van der Waals surface area contributed by atoms with Gasteiger partial charge in [0.2, 0.25) is 5.91 Å². The third kappa shape index (κ3) is 4.61. The van der Waals surface area contributed by atoms with E-state index in [9.17, 15) is 9.59 Å². The van der Waals surface area contributed by atoms with Gasteiger partial charge >= 0.3 is 0 Å². The number of benzene rings is 1. The molecule has 168 valence electrons. The fourth-order valence-corrected chi connectivity index (χ4v) is 4.15. The first-order valence-electron chi connectivity index (χ1n) is 11.3. The van der Waals surface area contributed by atoms with E-state index in [1.807, 2.05) is 53.2 Å². The number of rotatable bonds is 7. The fourth-order valence-electron chi connectivity index (χ4n) is 4.15. The predicted molar refractivity (Wildman–Crippen MR) is 122 cm³/mol. The van der Waals surface area contributed by atoms with E-state index < -0.39 is 0 Å². The minimum Gasteiger partial charge on any atom is -0.463 e. The maximum absolute atomic E-state index is 13.5. The number of hydrogen-bond donors (Lipinski definition) is 0. The molecule has 7 nitrogen and oxygen atoms in total. The number of aromatic nitrogens is 2. The minimum absolute atomic E-state index is 0.0152. The highest BCUT2D eigenvalue weighted by molar-refractivity contribution is 5.94. The fraction of sp³-hybridized carbons (Fsp3) is 0.400. The Morgan fingerprint density at radius 1 is 1.12 bits per heavy atom. The maximum atomic E-state index is 13.5. The van der Waals surface area contributed by atoms with Crippen LogP contribution in [0.15, 0.2) is 59.2 Å². The molecular formula is C25H30N4O3. The van der Waals surface area contributed by atoms with Crippen molar-refractivity contribution in [3.63, 3.8) is 0 Å². The molecule has 0 aliphatic carbocycles. The standard InChI is InChI=1S/C25H30N4O3/c1-3-4-14-27(2)24(30)19-12-15-28(16-13-19)25(31)22-18-21(23-11-8-17-32-23)26-29(22)20-9-6-5-7-10-20/h5-11,17-19H,3-4,12-16H2,1-2H3. The van der Waals surface area contributed by atoms with Gasteiger partial charge in [0, 0.05) is 38.7 Å². The first-order chi connectivity index (χ1) is 15.6. The summed E-state index contributed by atoms with van der Waals surface area (Å²) in [6, 6.07) is 15.0. The van der Waals surface area contributed by atoms with Crippen molar-refractivity contribution in [1.29, 1.82) is 0 Å². The van der Waals surface area contributed by atoms with Gasteiger partial charge in [0.05, 0.1) is 12.0 Å². The summed E-state index contributed by atoms with van der Waals surface area (Å²) in [5.41, 5.74) is 1.92. The summed E-state index contributed by atoms with van der Waals surface area (Å²) in [4.78, 5) is 29.9. The summed E-state index contributed by atoms with van der Waals surface area (Å²) >= 11 is 0. The average Bonchev–Trinajstić information content (AvgIpc) is 3.52.